The highest BCUT2D eigenvalue weighted by atomic mass is 32.2. The lowest BCUT2D eigenvalue weighted by Crippen LogP contribution is -2.42. The summed E-state index contributed by atoms with van der Waals surface area (Å²) in [5.41, 5.74) is 3.18. The van der Waals surface area contributed by atoms with Gasteiger partial charge in [-0.25, -0.2) is 13.2 Å². The molecule has 4 aliphatic rings. The first-order valence-corrected chi connectivity index (χ1v) is 26.1. The molecule has 5 aromatic rings. The van der Waals surface area contributed by atoms with Gasteiger partial charge in [-0.05, 0) is 137 Å². The number of aryl methyl sites for hydroxylation is 2. The van der Waals surface area contributed by atoms with Crippen molar-refractivity contribution in [1.29, 1.82) is 0 Å². The van der Waals surface area contributed by atoms with Crippen molar-refractivity contribution in [1.82, 2.24) is 29.2 Å². The Morgan fingerprint density at radius 1 is 0.783 bits per heavy atom. The lowest BCUT2D eigenvalue weighted by atomic mass is 9.82. The molecule has 3 amide bonds. The number of imidazole rings is 1. The second kappa shape index (κ2) is 20.8. The summed E-state index contributed by atoms with van der Waals surface area (Å²) in [5, 5.41) is 2.47. The maximum absolute atomic E-state index is 14.1. The number of carbonyl (C=O) groups excluding carboxylic acids is 3. The van der Waals surface area contributed by atoms with Crippen LogP contribution in [0.5, 0.6) is 17.2 Å². The number of fused-ring (bicyclic) bond motifs is 1. The summed E-state index contributed by atoms with van der Waals surface area (Å²) in [5.74, 6) is 2.17. The number of pyridine rings is 1. The van der Waals surface area contributed by atoms with Gasteiger partial charge in [0, 0.05) is 77.1 Å². The molecule has 0 saturated carbocycles. The molecule has 366 valence electrons. The highest BCUT2D eigenvalue weighted by Crippen LogP contribution is 2.37. The van der Waals surface area contributed by atoms with Gasteiger partial charge in [-0.3, -0.25) is 38.5 Å². The molecule has 9 rings (SSSR count). The topological polar surface area (TPSA) is 177 Å². The summed E-state index contributed by atoms with van der Waals surface area (Å²) in [6.45, 7) is 9.10. The van der Waals surface area contributed by atoms with Gasteiger partial charge in [0.25, 0.3) is 15.9 Å². The fourth-order valence-electron chi connectivity index (χ4n) is 10.7. The Morgan fingerprint density at radius 3 is 2.19 bits per heavy atom. The van der Waals surface area contributed by atoms with Crippen molar-refractivity contribution in [2.24, 2.45) is 31.8 Å². The SMILES string of the molecule is CCCOc1cccc(Oc2cc3c(cc2NS(=O)(=O)c2cccc(C(=O)N4CCC(CC5CCN(CC6CCN(c7cncc(C8CCC(=O)NC8=O)c7)CC6)CC5)CC4)c2)n(C)c(=O)n3C)c1. The number of hydrogen-bond donors (Lipinski definition) is 2. The smallest absolute Gasteiger partial charge is 0.328 e. The number of anilines is 2. The van der Waals surface area contributed by atoms with Gasteiger partial charge in [0.2, 0.25) is 11.8 Å². The molecule has 17 heteroatoms. The van der Waals surface area contributed by atoms with E-state index in [0.29, 0.717) is 78.4 Å². The summed E-state index contributed by atoms with van der Waals surface area (Å²) in [7, 11) is -0.946. The fourth-order valence-corrected chi connectivity index (χ4v) is 11.8. The molecular formula is C52H64N8O8S. The molecule has 69 heavy (non-hydrogen) atoms. The van der Waals surface area contributed by atoms with E-state index in [9.17, 15) is 27.6 Å². The van der Waals surface area contributed by atoms with E-state index >= 15 is 0 Å². The molecule has 0 spiro atoms. The van der Waals surface area contributed by atoms with Gasteiger partial charge in [-0.1, -0.05) is 19.1 Å². The van der Waals surface area contributed by atoms with Crippen LogP contribution in [0.15, 0.2) is 88.8 Å². The molecule has 1 atom stereocenters. The van der Waals surface area contributed by atoms with Crippen LogP contribution >= 0.6 is 0 Å². The number of nitrogens with one attached hydrogen (secondary N) is 2. The Kier molecular flexibility index (Phi) is 14.4. The zero-order chi connectivity index (χ0) is 48.2. The Morgan fingerprint density at radius 2 is 1.46 bits per heavy atom. The van der Waals surface area contributed by atoms with Gasteiger partial charge >= 0.3 is 5.69 Å². The lowest BCUT2D eigenvalue weighted by Gasteiger charge is -2.39. The van der Waals surface area contributed by atoms with Crippen LogP contribution in [0.25, 0.3) is 11.0 Å². The van der Waals surface area contributed by atoms with E-state index in [2.05, 4.69) is 30.9 Å². The number of carbonyl (C=O) groups is 3. The largest absolute Gasteiger partial charge is 0.493 e. The van der Waals surface area contributed by atoms with Crippen molar-refractivity contribution >= 4 is 50.2 Å². The summed E-state index contributed by atoms with van der Waals surface area (Å²) in [6, 6.07) is 18.6. The quantitative estimate of drug-likeness (QED) is 0.103. The molecule has 2 aromatic heterocycles. The van der Waals surface area contributed by atoms with E-state index in [4.69, 9.17) is 9.47 Å². The van der Waals surface area contributed by atoms with Crippen LogP contribution in [0.4, 0.5) is 11.4 Å². The third-order valence-electron chi connectivity index (χ3n) is 14.7. The maximum atomic E-state index is 14.1. The zero-order valence-corrected chi connectivity index (χ0v) is 40.7. The minimum atomic E-state index is -4.22. The first-order chi connectivity index (χ1) is 33.3. The Hall–Kier alpha value is -6.20. The van der Waals surface area contributed by atoms with Gasteiger partial charge in [-0.2, -0.15) is 0 Å². The number of hydrogen-bond acceptors (Lipinski definition) is 11. The van der Waals surface area contributed by atoms with E-state index in [1.807, 2.05) is 24.1 Å². The van der Waals surface area contributed by atoms with Gasteiger partial charge < -0.3 is 24.2 Å². The number of nitrogens with zero attached hydrogens (tertiary/aromatic N) is 6. The van der Waals surface area contributed by atoms with E-state index < -0.39 is 10.0 Å². The van der Waals surface area contributed by atoms with Crippen molar-refractivity contribution < 1.29 is 32.3 Å². The van der Waals surface area contributed by atoms with Gasteiger partial charge in [-0.15, -0.1) is 0 Å². The number of amides is 3. The number of ether oxygens (including phenoxy) is 2. The lowest BCUT2D eigenvalue weighted by molar-refractivity contribution is -0.134. The number of rotatable bonds is 15. The second-order valence-electron chi connectivity index (χ2n) is 19.4. The average Bonchev–Trinajstić information content (AvgIpc) is 3.56. The zero-order valence-electron chi connectivity index (χ0n) is 39.9. The number of aromatic nitrogens is 3. The van der Waals surface area contributed by atoms with Crippen LogP contribution in [0.2, 0.25) is 0 Å². The second-order valence-corrected chi connectivity index (χ2v) is 21.1. The summed E-state index contributed by atoms with van der Waals surface area (Å²) in [6.07, 6.45) is 13.0. The number of likely N-dealkylation sites (tertiary alicyclic amines) is 2. The van der Waals surface area contributed by atoms with Crippen LogP contribution in [-0.2, 0) is 33.7 Å². The van der Waals surface area contributed by atoms with Gasteiger partial charge in [0.05, 0.1) is 46.0 Å². The van der Waals surface area contributed by atoms with Crippen molar-refractivity contribution in [3.05, 3.63) is 101 Å². The van der Waals surface area contributed by atoms with Crippen LogP contribution < -0.4 is 30.1 Å². The van der Waals surface area contributed by atoms with Crippen molar-refractivity contribution in [3.63, 3.8) is 0 Å². The minimum absolute atomic E-state index is 0.0603. The van der Waals surface area contributed by atoms with E-state index in [1.54, 1.807) is 62.8 Å². The Balaban J connectivity index is 0.750. The maximum Gasteiger partial charge on any atom is 0.328 e. The number of piperidine rings is 4. The van der Waals surface area contributed by atoms with Crippen molar-refractivity contribution in [2.45, 2.75) is 81.9 Å². The summed E-state index contributed by atoms with van der Waals surface area (Å²) in [4.78, 5) is 62.2. The third-order valence-corrected chi connectivity index (χ3v) is 16.0. The molecule has 0 aliphatic carbocycles. The first kappa shape index (κ1) is 47.8. The molecule has 4 saturated heterocycles. The predicted molar refractivity (Wildman–Crippen MR) is 264 cm³/mol. The van der Waals surface area contributed by atoms with Crippen LogP contribution in [0.1, 0.15) is 93.0 Å². The third kappa shape index (κ3) is 11.0. The molecule has 0 radical (unpaired) electrons. The summed E-state index contributed by atoms with van der Waals surface area (Å²) < 4.78 is 45.9. The first-order valence-electron chi connectivity index (χ1n) is 24.6. The highest BCUT2D eigenvalue weighted by Gasteiger charge is 2.32. The summed E-state index contributed by atoms with van der Waals surface area (Å²) >= 11 is 0. The highest BCUT2D eigenvalue weighted by molar-refractivity contribution is 7.92. The average molecular weight is 961 g/mol. The molecule has 6 heterocycles. The van der Waals surface area contributed by atoms with E-state index in [-0.39, 0.29) is 45.7 Å². The molecule has 0 bridgehead atoms. The van der Waals surface area contributed by atoms with E-state index in [0.717, 1.165) is 76.1 Å². The van der Waals surface area contributed by atoms with Gasteiger partial charge in [0.1, 0.15) is 11.5 Å². The van der Waals surface area contributed by atoms with Crippen LogP contribution in [0, 0.1) is 17.8 Å². The Labute approximate surface area is 404 Å². The molecular weight excluding hydrogens is 897 g/mol. The molecule has 16 nitrogen and oxygen atoms in total. The molecule has 4 aliphatic heterocycles. The molecule has 2 N–H and O–H groups in total. The van der Waals surface area contributed by atoms with Crippen molar-refractivity contribution in [3.8, 4) is 17.2 Å². The fraction of sp³-hybridized carbons (Fsp3) is 0.481. The number of imide groups is 1. The Bertz CT molecular complexity index is 2860. The predicted octanol–water partition coefficient (Wildman–Crippen LogP) is 7.05. The number of benzene rings is 3. The minimum Gasteiger partial charge on any atom is -0.493 e. The van der Waals surface area contributed by atoms with Crippen LogP contribution in [-0.4, -0.2) is 102 Å². The molecule has 1 unspecified atom stereocenters. The molecule has 4 fully saturated rings. The van der Waals surface area contributed by atoms with Crippen LogP contribution in [0.3, 0.4) is 0 Å². The number of sulfonamides is 1. The van der Waals surface area contributed by atoms with Gasteiger partial charge in [0.15, 0.2) is 5.75 Å². The standard InChI is InChI=1S/C52H64N8O8S/c1-4-25-67-41-8-6-9-42(29-41)68-48-31-47-46(56(2)52(64)57(47)3)30-45(48)55-69(65,66)43-10-5-7-38(28-43)51(63)60-23-15-36(16-24-60)26-35-13-19-58(20-14-35)34-37-17-21-59(22-18-37)40-27-39(32-53-33-40)44-11-12-49(61)54-50(44)62/h5-10,27-33,35-37,44,55H,4,11-26,34H2,1-3H3,(H,54,61,62). The molecule has 3 aromatic carbocycles. The monoisotopic (exact) mass is 960 g/mol. The van der Waals surface area contributed by atoms with Crippen molar-refractivity contribution in [2.75, 3.05) is 62.0 Å². The normalized spacial score (nSPS) is 19.2. The van der Waals surface area contributed by atoms with E-state index in [1.165, 1.54) is 40.5 Å².